The summed E-state index contributed by atoms with van der Waals surface area (Å²) in [6.07, 6.45) is 1.46. The number of nitrogen functional groups attached to an aromatic ring is 1. The van der Waals surface area contributed by atoms with E-state index in [0.717, 1.165) is 44.6 Å². The standard InChI is InChI=1S/C27H29ClN6OSi.C5H10O2/c1-36(2,3)26-21-14-19(28)7-9-22(21)32-23(26)5-4-10-33-11-12-34(25(35)16-33)15-18-6-8-20-24(13-18)30-17-31-27(20)29;1-5(2,3)7-4-6/h6-9,13-14,17,32H,10-12,15-16H2,1-3H3,(H2,29,30,31);4H,1-3H3. The van der Waals surface area contributed by atoms with Gasteiger partial charge in [0.15, 0.2) is 0 Å². The van der Waals surface area contributed by atoms with Gasteiger partial charge in [0.25, 0.3) is 6.47 Å². The van der Waals surface area contributed by atoms with Gasteiger partial charge in [-0.15, -0.1) is 0 Å². The molecule has 2 aromatic heterocycles. The number of fused-ring (bicyclic) bond motifs is 2. The topological polar surface area (TPSA) is 117 Å². The number of amides is 1. The molecule has 2 aromatic carbocycles. The Balaban J connectivity index is 0.000000541. The molecule has 1 aliphatic rings. The third-order valence-corrected chi connectivity index (χ3v) is 9.19. The number of anilines is 1. The number of nitrogens with two attached hydrogens (primary N) is 1. The maximum absolute atomic E-state index is 12.9. The van der Waals surface area contributed by atoms with Crippen LogP contribution in [0.25, 0.3) is 21.8 Å². The van der Waals surface area contributed by atoms with Gasteiger partial charge < -0.3 is 20.4 Å². The average molecular weight is 619 g/mol. The van der Waals surface area contributed by atoms with Gasteiger partial charge in [-0.1, -0.05) is 43.2 Å². The second-order valence-electron chi connectivity index (χ2n) is 12.6. The Morgan fingerprint density at radius 2 is 1.88 bits per heavy atom. The van der Waals surface area contributed by atoms with Gasteiger partial charge in [-0.2, -0.15) is 0 Å². The predicted molar refractivity (Wildman–Crippen MR) is 176 cm³/mol. The van der Waals surface area contributed by atoms with E-state index in [-0.39, 0.29) is 11.5 Å². The van der Waals surface area contributed by atoms with Crippen molar-refractivity contribution in [2.75, 3.05) is 31.9 Å². The molecule has 5 rings (SSSR count). The van der Waals surface area contributed by atoms with Crippen LogP contribution in [0.2, 0.25) is 24.7 Å². The van der Waals surface area contributed by atoms with Crippen molar-refractivity contribution < 1.29 is 14.3 Å². The number of hydrogen-bond donors (Lipinski definition) is 2. The SMILES string of the molecule is CC(C)(C)OC=O.C[Si](C)(C)c1c(C#CCN2CCN(Cc3ccc4c(N)ncnc4c3)C(=O)C2)[nH]c2ccc(Cl)cc12. The smallest absolute Gasteiger partial charge is 0.293 e. The van der Waals surface area contributed by atoms with Crippen LogP contribution in [-0.2, 0) is 20.9 Å². The second-order valence-corrected chi connectivity index (χ2v) is 18.0. The quantitative estimate of drug-likeness (QED) is 0.191. The van der Waals surface area contributed by atoms with Crippen LogP contribution in [0.1, 0.15) is 32.0 Å². The highest BCUT2D eigenvalue weighted by molar-refractivity contribution is 6.91. The number of ether oxygens (including phenoxy) is 1. The summed E-state index contributed by atoms with van der Waals surface area (Å²) < 4.78 is 4.55. The van der Waals surface area contributed by atoms with E-state index in [1.54, 1.807) is 0 Å². The molecule has 0 aliphatic carbocycles. The zero-order valence-corrected chi connectivity index (χ0v) is 27.4. The van der Waals surface area contributed by atoms with Crippen molar-refractivity contribution in [3.05, 3.63) is 59.0 Å². The second kappa shape index (κ2) is 13.2. The highest BCUT2D eigenvalue weighted by Crippen LogP contribution is 2.22. The number of nitrogens with one attached hydrogen (secondary N) is 1. The predicted octanol–water partition coefficient (Wildman–Crippen LogP) is 4.55. The fraction of sp³-hybridized carbons (Fsp3) is 0.375. The van der Waals surface area contributed by atoms with Gasteiger partial charge in [0, 0.05) is 40.9 Å². The maximum atomic E-state index is 12.9. The van der Waals surface area contributed by atoms with Crippen molar-refractivity contribution in [1.29, 1.82) is 0 Å². The normalized spacial score (nSPS) is 14.2. The first-order chi connectivity index (χ1) is 20.2. The van der Waals surface area contributed by atoms with Crippen LogP contribution in [0, 0.1) is 11.8 Å². The van der Waals surface area contributed by atoms with Crippen LogP contribution < -0.4 is 10.9 Å². The minimum Gasteiger partial charge on any atom is -0.462 e. The zero-order chi connectivity index (χ0) is 31.4. The maximum Gasteiger partial charge on any atom is 0.293 e. The number of H-pyrrole nitrogens is 1. The monoisotopic (exact) mass is 618 g/mol. The lowest BCUT2D eigenvalue weighted by molar-refractivity contribution is -0.139. The average Bonchev–Trinajstić information content (AvgIpc) is 3.28. The molecule has 0 saturated carbocycles. The number of piperazine rings is 1. The van der Waals surface area contributed by atoms with E-state index in [0.29, 0.717) is 38.5 Å². The number of rotatable bonds is 5. The third kappa shape index (κ3) is 8.35. The molecule has 11 heteroatoms. The molecule has 226 valence electrons. The lowest BCUT2D eigenvalue weighted by atomic mass is 10.1. The number of carbonyl (C=O) groups is 2. The first-order valence-electron chi connectivity index (χ1n) is 14.2. The van der Waals surface area contributed by atoms with E-state index in [1.807, 2.05) is 62.1 Å². The van der Waals surface area contributed by atoms with Crippen molar-refractivity contribution in [1.82, 2.24) is 24.8 Å². The molecule has 3 heterocycles. The Hall–Kier alpha value is -3.91. The van der Waals surface area contributed by atoms with Gasteiger partial charge in [-0.25, -0.2) is 9.97 Å². The summed E-state index contributed by atoms with van der Waals surface area (Å²) in [7, 11) is -1.66. The van der Waals surface area contributed by atoms with Crippen LogP contribution in [0.5, 0.6) is 0 Å². The summed E-state index contributed by atoms with van der Waals surface area (Å²) in [5, 5.41) is 4.03. The Morgan fingerprint density at radius 1 is 1.12 bits per heavy atom. The molecule has 1 fully saturated rings. The van der Waals surface area contributed by atoms with Crippen LogP contribution >= 0.6 is 11.6 Å². The number of carbonyl (C=O) groups excluding carboxylic acids is 2. The number of aromatic amines is 1. The number of aromatic nitrogens is 3. The van der Waals surface area contributed by atoms with Crippen LogP contribution in [0.15, 0.2) is 42.7 Å². The lowest BCUT2D eigenvalue weighted by Crippen LogP contribution is -2.49. The molecule has 1 aliphatic heterocycles. The van der Waals surface area contributed by atoms with Crippen molar-refractivity contribution in [2.24, 2.45) is 0 Å². The molecule has 0 spiro atoms. The minimum absolute atomic E-state index is 0.105. The largest absolute Gasteiger partial charge is 0.462 e. The van der Waals surface area contributed by atoms with E-state index in [4.69, 9.17) is 17.3 Å². The third-order valence-electron chi connectivity index (χ3n) is 6.93. The van der Waals surface area contributed by atoms with E-state index in [2.05, 4.69) is 56.1 Å². The summed E-state index contributed by atoms with van der Waals surface area (Å²) in [6.45, 7) is 15.8. The Kier molecular flexibility index (Phi) is 9.80. The Labute approximate surface area is 258 Å². The Morgan fingerprint density at radius 3 is 2.53 bits per heavy atom. The molecule has 1 amide bonds. The first kappa shape index (κ1) is 32.0. The molecule has 4 aromatic rings. The van der Waals surface area contributed by atoms with Crippen molar-refractivity contribution in [3.63, 3.8) is 0 Å². The van der Waals surface area contributed by atoms with Crippen LogP contribution in [0.3, 0.4) is 0 Å². The summed E-state index contributed by atoms with van der Waals surface area (Å²) >= 11 is 6.28. The minimum atomic E-state index is -1.66. The highest BCUT2D eigenvalue weighted by Gasteiger charge is 2.26. The molecule has 1 saturated heterocycles. The molecular formula is C32H39ClN6O3Si. The molecule has 0 atom stereocenters. The van der Waals surface area contributed by atoms with Gasteiger partial charge in [0.2, 0.25) is 5.91 Å². The van der Waals surface area contributed by atoms with Crippen molar-refractivity contribution in [3.8, 4) is 11.8 Å². The van der Waals surface area contributed by atoms with Crippen LogP contribution in [0.4, 0.5) is 5.82 Å². The van der Waals surface area contributed by atoms with Gasteiger partial charge in [-0.05, 0) is 67.8 Å². The molecule has 9 nitrogen and oxygen atoms in total. The zero-order valence-electron chi connectivity index (χ0n) is 25.6. The van der Waals surface area contributed by atoms with E-state index < -0.39 is 8.07 Å². The number of hydrogen-bond acceptors (Lipinski definition) is 7. The molecule has 0 bridgehead atoms. The number of benzene rings is 2. The van der Waals surface area contributed by atoms with E-state index in [1.165, 1.54) is 11.5 Å². The fourth-order valence-corrected chi connectivity index (χ4v) is 6.98. The summed E-state index contributed by atoms with van der Waals surface area (Å²) in [6, 6.07) is 11.8. The Bertz CT molecular complexity index is 1700. The first-order valence-corrected chi connectivity index (χ1v) is 18.0. The van der Waals surface area contributed by atoms with Gasteiger partial charge in [-0.3, -0.25) is 14.5 Å². The van der Waals surface area contributed by atoms with Gasteiger partial charge >= 0.3 is 0 Å². The summed E-state index contributed by atoms with van der Waals surface area (Å²) in [5.74, 6) is 7.24. The molecule has 3 N–H and O–H groups in total. The lowest BCUT2D eigenvalue weighted by Gasteiger charge is -2.33. The van der Waals surface area contributed by atoms with Gasteiger partial charge in [0.05, 0.1) is 32.4 Å². The molecule has 0 unspecified atom stereocenters. The summed E-state index contributed by atoms with van der Waals surface area (Å²) in [4.78, 5) is 38.3. The molecule has 0 radical (unpaired) electrons. The highest BCUT2D eigenvalue weighted by atomic mass is 35.5. The van der Waals surface area contributed by atoms with Crippen LogP contribution in [-0.4, -0.2) is 77.0 Å². The van der Waals surface area contributed by atoms with Crippen molar-refractivity contribution in [2.45, 2.75) is 52.6 Å². The molecule has 43 heavy (non-hydrogen) atoms. The van der Waals surface area contributed by atoms with E-state index in [9.17, 15) is 9.59 Å². The fourth-order valence-electron chi connectivity index (χ4n) is 4.92. The number of nitrogens with zero attached hydrogens (tertiary/aromatic N) is 4. The molecular weight excluding hydrogens is 580 g/mol. The van der Waals surface area contributed by atoms with Crippen molar-refractivity contribution >= 4 is 64.9 Å². The summed E-state index contributed by atoms with van der Waals surface area (Å²) in [5.41, 5.74) is 9.45. The van der Waals surface area contributed by atoms with E-state index >= 15 is 0 Å². The van der Waals surface area contributed by atoms with Gasteiger partial charge in [0.1, 0.15) is 17.7 Å². The number of halogens is 1.